The molecule has 0 rings (SSSR count). The number of rotatable bonds is 51. The van der Waals surface area contributed by atoms with Gasteiger partial charge in [0.25, 0.3) is 0 Å². The number of ether oxygens (including phenoxy) is 1. The van der Waals surface area contributed by atoms with E-state index in [1.54, 1.807) is 0 Å². The molecule has 69 heavy (non-hydrogen) atoms. The Balaban J connectivity index is 5.34. The summed E-state index contributed by atoms with van der Waals surface area (Å²) in [5.74, 6) is -0.588. The molecule has 0 aromatic rings. The fourth-order valence-electron chi connectivity index (χ4n) is 7.96. The van der Waals surface area contributed by atoms with Gasteiger partial charge in [-0.1, -0.05) is 217 Å². The van der Waals surface area contributed by atoms with Crippen molar-refractivity contribution >= 4 is 19.7 Å². The molecular formula is C59H110N2O7P+. The number of likely N-dealkylation sites (N-methyl/N-ethyl adjacent to an activating group) is 1. The molecule has 0 saturated carbocycles. The van der Waals surface area contributed by atoms with Gasteiger partial charge in [-0.15, -0.1) is 0 Å². The Kier molecular flexibility index (Phi) is 47.7. The van der Waals surface area contributed by atoms with E-state index in [1.165, 1.54) is 154 Å². The lowest BCUT2D eigenvalue weighted by Gasteiger charge is -2.27. The van der Waals surface area contributed by atoms with Gasteiger partial charge in [0.1, 0.15) is 19.3 Å². The summed E-state index contributed by atoms with van der Waals surface area (Å²) in [6, 6.07) is -0.879. The Labute approximate surface area is 426 Å². The lowest BCUT2D eigenvalue weighted by Crippen LogP contribution is -2.47. The molecule has 2 N–H and O–H groups in total. The van der Waals surface area contributed by atoms with E-state index in [1.807, 2.05) is 39.4 Å². The number of carbonyl (C=O) groups excluding carboxylic acids is 2. The van der Waals surface area contributed by atoms with Gasteiger partial charge in [0.15, 0.2) is 0 Å². The van der Waals surface area contributed by atoms with Crippen molar-refractivity contribution in [3.8, 4) is 0 Å². The first-order chi connectivity index (χ1) is 33.4. The molecule has 10 heteroatoms. The van der Waals surface area contributed by atoms with Gasteiger partial charge in [-0.2, -0.15) is 0 Å². The molecule has 0 fully saturated rings. The smallest absolute Gasteiger partial charge is 0.456 e. The highest BCUT2D eigenvalue weighted by Gasteiger charge is 2.30. The molecule has 0 aliphatic carbocycles. The summed E-state index contributed by atoms with van der Waals surface area (Å²) >= 11 is 0. The molecular weight excluding hydrogens is 880 g/mol. The van der Waals surface area contributed by atoms with Crippen LogP contribution in [0.4, 0.5) is 0 Å². The number of phosphoric acid groups is 1. The maximum atomic E-state index is 13.4. The van der Waals surface area contributed by atoms with Crippen molar-refractivity contribution in [2.75, 3.05) is 40.9 Å². The van der Waals surface area contributed by atoms with Crippen LogP contribution in [0.5, 0.6) is 0 Å². The molecule has 3 atom stereocenters. The number of allylic oxidation sites excluding steroid dienone is 9. The minimum Gasteiger partial charge on any atom is -0.456 e. The third-order valence-corrected chi connectivity index (χ3v) is 13.4. The molecule has 0 aliphatic heterocycles. The fourth-order valence-corrected chi connectivity index (χ4v) is 8.70. The summed E-state index contributed by atoms with van der Waals surface area (Å²) in [4.78, 5) is 37.5. The molecule has 0 spiro atoms. The number of esters is 1. The molecule has 0 bridgehead atoms. The average Bonchev–Trinajstić information content (AvgIpc) is 3.31. The van der Waals surface area contributed by atoms with Crippen LogP contribution < -0.4 is 5.32 Å². The van der Waals surface area contributed by atoms with Crippen LogP contribution in [0.2, 0.25) is 0 Å². The minimum absolute atomic E-state index is 0.0293. The number of nitrogens with zero attached hydrogens (tertiary/aromatic N) is 1. The van der Waals surface area contributed by atoms with Crippen molar-refractivity contribution in [2.45, 2.75) is 264 Å². The Bertz CT molecular complexity index is 1370. The van der Waals surface area contributed by atoms with Crippen LogP contribution in [0.3, 0.4) is 0 Å². The van der Waals surface area contributed by atoms with Gasteiger partial charge >= 0.3 is 13.8 Å². The van der Waals surface area contributed by atoms with Gasteiger partial charge in [0.05, 0.1) is 33.8 Å². The largest absolute Gasteiger partial charge is 0.472 e. The van der Waals surface area contributed by atoms with Crippen molar-refractivity contribution in [1.29, 1.82) is 0 Å². The summed E-state index contributed by atoms with van der Waals surface area (Å²) in [5, 5.41) is 3.00. The van der Waals surface area contributed by atoms with E-state index in [-0.39, 0.29) is 37.9 Å². The number of phosphoric ester groups is 1. The standard InChI is InChI=1S/C59H109N2O7P/c1-7-10-13-16-19-22-25-27-28-29-30-31-32-34-37-40-43-46-49-52-59(63)68-57(50-47-44-41-38-35-24-21-18-15-12-9-3)56(55-67-69(64,65)66-54-53-61(4,5)6)60-58(62)51-48-45-42-39-36-33-26-23-20-17-14-11-8-2/h19,22,27-28,33,36,42,45,47,50,56-57H,7-18,20-21,23-26,29-32,34-35,37-41,43-44,46,48-49,51-55H2,1-6H3,(H-,60,62,64,65)/p+1/b22-19-,28-27-,36-33-,45-42+,50-47-. The Morgan fingerprint density at radius 2 is 0.899 bits per heavy atom. The van der Waals surface area contributed by atoms with Crippen LogP contribution in [-0.4, -0.2) is 74.3 Å². The maximum absolute atomic E-state index is 13.4. The Hall–Kier alpha value is -2.29. The predicted molar refractivity (Wildman–Crippen MR) is 295 cm³/mol. The number of amides is 1. The van der Waals surface area contributed by atoms with Gasteiger partial charge in [-0.25, -0.2) is 4.57 Å². The van der Waals surface area contributed by atoms with E-state index in [0.29, 0.717) is 17.4 Å². The van der Waals surface area contributed by atoms with E-state index in [4.69, 9.17) is 13.8 Å². The molecule has 0 saturated heterocycles. The number of unbranched alkanes of at least 4 members (excludes halogenated alkanes) is 27. The van der Waals surface area contributed by atoms with Gasteiger partial charge in [-0.05, 0) is 83.1 Å². The molecule has 9 nitrogen and oxygen atoms in total. The predicted octanol–water partition coefficient (Wildman–Crippen LogP) is 17.1. The second-order valence-electron chi connectivity index (χ2n) is 20.5. The number of hydrogen-bond donors (Lipinski definition) is 2. The molecule has 0 radical (unpaired) electrons. The van der Waals surface area contributed by atoms with E-state index in [0.717, 1.165) is 57.8 Å². The van der Waals surface area contributed by atoms with E-state index >= 15 is 0 Å². The second-order valence-corrected chi connectivity index (χ2v) is 21.9. The van der Waals surface area contributed by atoms with E-state index in [9.17, 15) is 19.0 Å². The Morgan fingerprint density at radius 1 is 0.507 bits per heavy atom. The first-order valence-corrected chi connectivity index (χ1v) is 30.1. The van der Waals surface area contributed by atoms with Crippen LogP contribution in [0.1, 0.15) is 252 Å². The summed E-state index contributed by atoms with van der Waals surface area (Å²) in [6.07, 6.45) is 60.9. The summed E-state index contributed by atoms with van der Waals surface area (Å²) < 4.78 is 30.5. The first-order valence-electron chi connectivity index (χ1n) is 28.6. The van der Waals surface area contributed by atoms with Gasteiger partial charge < -0.3 is 19.4 Å². The summed E-state index contributed by atoms with van der Waals surface area (Å²) in [7, 11) is 1.46. The normalized spacial score (nSPS) is 14.2. The third-order valence-electron chi connectivity index (χ3n) is 12.4. The number of hydrogen-bond acceptors (Lipinski definition) is 6. The van der Waals surface area contributed by atoms with Gasteiger partial charge in [0, 0.05) is 12.8 Å². The summed E-state index contributed by atoms with van der Waals surface area (Å²) in [6.45, 7) is 6.92. The van der Waals surface area contributed by atoms with Crippen molar-refractivity contribution in [2.24, 2.45) is 0 Å². The van der Waals surface area contributed by atoms with E-state index in [2.05, 4.69) is 68.6 Å². The minimum atomic E-state index is -4.46. The van der Waals surface area contributed by atoms with Crippen LogP contribution in [0.15, 0.2) is 60.8 Å². The lowest BCUT2D eigenvalue weighted by atomic mass is 10.1. The number of nitrogens with one attached hydrogen (secondary N) is 1. The van der Waals surface area contributed by atoms with Crippen molar-refractivity contribution < 1.29 is 37.3 Å². The molecule has 1 amide bonds. The molecule has 0 aromatic carbocycles. The molecule has 402 valence electrons. The van der Waals surface area contributed by atoms with Gasteiger partial charge in [-0.3, -0.25) is 18.6 Å². The van der Waals surface area contributed by atoms with Crippen LogP contribution in [-0.2, 0) is 27.9 Å². The second kappa shape index (κ2) is 49.3. The van der Waals surface area contributed by atoms with Gasteiger partial charge in [0.2, 0.25) is 5.91 Å². The van der Waals surface area contributed by atoms with Crippen LogP contribution >= 0.6 is 7.82 Å². The first kappa shape index (κ1) is 66.7. The van der Waals surface area contributed by atoms with Crippen LogP contribution in [0, 0.1) is 0 Å². The van der Waals surface area contributed by atoms with Crippen LogP contribution in [0.25, 0.3) is 0 Å². The lowest BCUT2D eigenvalue weighted by molar-refractivity contribution is -0.870. The highest BCUT2D eigenvalue weighted by atomic mass is 31.2. The highest BCUT2D eigenvalue weighted by molar-refractivity contribution is 7.47. The fraction of sp³-hybridized carbons (Fsp3) is 0.797. The highest BCUT2D eigenvalue weighted by Crippen LogP contribution is 2.43. The zero-order chi connectivity index (χ0) is 50.8. The molecule has 3 unspecified atom stereocenters. The van der Waals surface area contributed by atoms with Crippen molar-refractivity contribution in [1.82, 2.24) is 5.32 Å². The third kappa shape index (κ3) is 50.4. The maximum Gasteiger partial charge on any atom is 0.472 e. The van der Waals surface area contributed by atoms with Crippen molar-refractivity contribution in [3.63, 3.8) is 0 Å². The quantitative estimate of drug-likeness (QED) is 0.0205. The monoisotopic (exact) mass is 990 g/mol. The number of quaternary nitrogens is 1. The zero-order valence-electron chi connectivity index (χ0n) is 45.8. The topological polar surface area (TPSA) is 111 Å². The van der Waals surface area contributed by atoms with E-state index < -0.39 is 20.0 Å². The molecule has 0 aromatic heterocycles. The Morgan fingerprint density at radius 3 is 1.36 bits per heavy atom. The average molecular weight is 991 g/mol. The number of carbonyl (C=O) groups is 2. The zero-order valence-corrected chi connectivity index (χ0v) is 46.7. The SMILES string of the molecule is CCCCC/C=C\C/C=C\CCCCCCCCCCCC(=O)OC(/C=C\CCCCCCCCCCC)C(COP(=O)(O)OCC[N+](C)(C)C)NC(=O)CC/C=C/C/C=C\CCCCCCCC. The summed E-state index contributed by atoms with van der Waals surface area (Å²) in [5.41, 5.74) is 0. The molecule has 0 heterocycles. The van der Waals surface area contributed by atoms with Crippen molar-refractivity contribution in [3.05, 3.63) is 60.8 Å². The molecule has 0 aliphatic rings.